The largest absolute Gasteiger partial charge is 0.310 e. The van der Waals surface area contributed by atoms with E-state index >= 15 is 0 Å². The fourth-order valence-corrected chi connectivity index (χ4v) is 10.7. The first kappa shape index (κ1) is 37.0. The summed E-state index contributed by atoms with van der Waals surface area (Å²) in [7, 11) is 0. The summed E-state index contributed by atoms with van der Waals surface area (Å²) in [6, 6.07) is 64.9. The maximum atomic E-state index is 2.51. The molecule has 0 amide bonds. The SMILES string of the molecule is C/C=c1\c(=C/c2cc3ccc(N(c4ccccc4)c4cc(C)cc(C)c4)c4c5ccccc5n2c34)c2ccc(N(c3ccccc3)c3cc(C)cc(C)c3)c3c4ccccc4n1c23. The molecule has 4 aromatic heterocycles. The molecule has 4 nitrogen and oxygen atoms in total. The average Bonchev–Trinajstić information content (AvgIpc) is 4.02. The summed E-state index contributed by atoms with van der Waals surface area (Å²) in [4.78, 5) is 4.88. The molecule has 0 radical (unpaired) electrons. The zero-order chi connectivity index (χ0) is 42.5. The molecular weight excluding hydrogens is 765 g/mol. The molecule has 0 unspecified atom stereocenters. The minimum atomic E-state index is 1.13. The number of anilines is 6. The standard InChI is InChI=1S/C59H46N4/c1-6-51-50(47-26-28-55(57-49-22-14-16-24-53(49)63(51)59(47)57)61(43-19-11-8-12-20-43)45-33-39(4)30-40(5)34-45)36-46-35-41-25-27-54(56-48-21-13-15-23-52(48)62(46)58(41)56)60(42-17-9-7-10-18-42)44-31-37(2)29-38(3)32-44/h6-36H,1-5H3/b50-36-,51-6+. The van der Waals surface area contributed by atoms with Crippen molar-refractivity contribution in [3.05, 3.63) is 214 Å². The molecule has 12 aromatic rings. The smallest absolute Gasteiger partial charge is 0.0641 e. The quantitative estimate of drug-likeness (QED) is 0.159. The Hall–Kier alpha value is -7.82. The number of fused-ring (bicyclic) bond motifs is 6. The second-order valence-corrected chi connectivity index (χ2v) is 17.3. The van der Waals surface area contributed by atoms with Crippen LogP contribution in [0, 0.1) is 27.7 Å². The van der Waals surface area contributed by atoms with Gasteiger partial charge in [0.2, 0.25) is 0 Å². The van der Waals surface area contributed by atoms with Crippen LogP contribution < -0.4 is 20.4 Å². The molecule has 4 heterocycles. The van der Waals surface area contributed by atoms with E-state index in [2.05, 4.69) is 241 Å². The molecular formula is C59H46N4. The minimum Gasteiger partial charge on any atom is -0.310 e. The zero-order valence-electron chi connectivity index (χ0n) is 36.2. The van der Waals surface area contributed by atoms with Crippen molar-refractivity contribution in [1.29, 1.82) is 0 Å². The molecule has 8 aromatic carbocycles. The number of aromatic nitrogens is 2. The van der Waals surface area contributed by atoms with Gasteiger partial charge in [-0.3, -0.25) is 0 Å². The van der Waals surface area contributed by atoms with Gasteiger partial charge < -0.3 is 18.6 Å². The van der Waals surface area contributed by atoms with E-state index in [4.69, 9.17) is 0 Å². The van der Waals surface area contributed by atoms with Gasteiger partial charge in [0.05, 0.1) is 33.4 Å². The molecule has 63 heavy (non-hydrogen) atoms. The highest BCUT2D eigenvalue weighted by molar-refractivity contribution is 6.23. The summed E-state index contributed by atoms with van der Waals surface area (Å²) in [5.41, 5.74) is 18.0. The minimum absolute atomic E-state index is 1.13. The van der Waals surface area contributed by atoms with Crippen LogP contribution in [0.3, 0.4) is 0 Å². The highest BCUT2D eigenvalue weighted by Gasteiger charge is 2.26. The Balaban J connectivity index is 1.15. The van der Waals surface area contributed by atoms with Crippen LogP contribution in [0.4, 0.5) is 34.1 Å². The third kappa shape index (κ3) is 5.61. The van der Waals surface area contributed by atoms with Crippen LogP contribution >= 0.6 is 0 Å². The molecule has 0 saturated heterocycles. The summed E-state index contributed by atoms with van der Waals surface area (Å²) >= 11 is 0. The Morgan fingerprint density at radius 2 is 0.889 bits per heavy atom. The monoisotopic (exact) mass is 810 g/mol. The van der Waals surface area contributed by atoms with Crippen LogP contribution in [0.1, 0.15) is 34.9 Å². The lowest BCUT2D eigenvalue weighted by molar-refractivity contribution is 1.21. The molecule has 302 valence electrons. The predicted molar refractivity (Wildman–Crippen MR) is 268 cm³/mol. The molecule has 4 heteroatoms. The fraction of sp³-hybridized carbons (Fsp3) is 0.0847. The van der Waals surface area contributed by atoms with E-state index in [1.54, 1.807) is 0 Å². The fourth-order valence-electron chi connectivity index (χ4n) is 10.7. The zero-order valence-corrected chi connectivity index (χ0v) is 36.2. The van der Waals surface area contributed by atoms with Crippen molar-refractivity contribution in [3.63, 3.8) is 0 Å². The van der Waals surface area contributed by atoms with Crippen molar-refractivity contribution in [2.24, 2.45) is 0 Å². The van der Waals surface area contributed by atoms with Crippen LogP contribution in [0.2, 0.25) is 0 Å². The number of benzene rings is 8. The van der Waals surface area contributed by atoms with E-state index in [1.807, 2.05) is 0 Å². The summed E-state index contributed by atoms with van der Waals surface area (Å²) < 4.78 is 5.01. The van der Waals surface area contributed by atoms with Crippen LogP contribution in [0.15, 0.2) is 176 Å². The summed E-state index contributed by atoms with van der Waals surface area (Å²) in [5, 5.41) is 9.88. The third-order valence-corrected chi connectivity index (χ3v) is 13.0. The maximum absolute atomic E-state index is 2.51. The number of para-hydroxylation sites is 4. The van der Waals surface area contributed by atoms with Crippen molar-refractivity contribution in [2.45, 2.75) is 34.6 Å². The van der Waals surface area contributed by atoms with E-state index in [9.17, 15) is 0 Å². The lowest BCUT2D eigenvalue weighted by Gasteiger charge is -2.27. The normalized spacial score (nSPS) is 12.7. The summed E-state index contributed by atoms with van der Waals surface area (Å²) in [6.07, 6.45) is 4.73. The molecule has 0 saturated carbocycles. The van der Waals surface area contributed by atoms with Crippen molar-refractivity contribution in [2.75, 3.05) is 9.80 Å². The Kier molecular flexibility index (Phi) is 8.29. The molecule has 0 fully saturated rings. The first-order valence-corrected chi connectivity index (χ1v) is 22.0. The van der Waals surface area contributed by atoms with E-state index < -0.39 is 0 Å². The Labute approximate surface area is 366 Å². The molecule has 12 rings (SSSR count). The van der Waals surface area contributed by atoms with Gasteiger partial charge in [0, 0.05) is 71.3 Å². The van der Waals surface area contributed by atoms with Crippen LogP contribution in [0.25, 0.3) is 66.5 Å². The second kappa shape index (κ2) is 14.1. The Bertz CT molecular complexity index is 3810. The molecule has 0 aliphatic carbocycles. The van der Waals surface area contributed by atoms with Gasteiger partial charge in [-0.25, -0.2) is 0 Å². The highest BCUT2D eigenvalue weighted by Crippen LogP contribution is 2.47. The van der Waals surface area contributed by atoms with Crippen LogP contribution in [0.5, 0.6) is 0 Å². The van der Waals surface area contributed by atoms with Gasteiger partial charge >= 0.3 is 0 Å². The maximum Gasteiger partial charge on any atom is 0.0641 e. The van der Waals surface area contributed by atoms with Gasteiger partial charge in [0.1, 0.15) is 0 Å². The van der Waals surface area contributed by atoms with Crippen molar-refractivity contribution >= 4 is 101 Å². The molecule has 0 atom stereocenters. The van der Waals surface area contributed by atoms with Gasteiger partial charge in [0.25, 0.3) is 0 Å². The van der Waals surface area contributed by atoms with E-state index in [0.29, 0.717) is 0 Å². The number of hydrogen-bond donors (Lipinski definition) is 0. The summed E-state index contributed by atoms with van der Waals surface area (Å²) in [5.74, 6) is 0. The van der Waals surface area contributed by atoms with Crippen LogP contribution in [-0.4, -0.2) is 8.80 Å². The second-order valence-electron chi connectivity index (χ2n) is 17.3. The Morgan fingerprint density at radius 1 is 0.413 bits per heavy atom. The number of hydrogen-bond acceptors (Lipinski definition) is 2. The van der Waals surface area contributed by atoms with E-state index in [-0.39, 0.29) is 0 Å². The van der Waals surface area contributed by atoms with Gasteiger partial charge in [-0.1, -0.05) is 103 Å². The van der Waals surface area contributed by atoms with Gasteiger partial charge in [-0.2, -0.15) is 0 Å². The molecule has 0 spiro atoms. The average molecular weight is 811 g/mol. The number of nitrogens with zero attached hydrogens (tertiary/aromatic N) is 4. The number of rotatable bonds is 7. The van der Waals surface area contributed by atoms with Gasteiger partial charge in [0.15, 0.2) is 0 Å². The van der Waals surface area contributed by atoms with Gasteiger partial charge in [-0.15, -0.1) is 0 Å². The predicted octanol–water partition coefficient (Wildman–Crippen LogP) is 14.5. The first-order valence-electron chi connectivity index (χ1n) is 22.0. The van der Waals surface area contributed by atoms with Crippen LogP contribution in [-0.2, 0) is 0 Å². The Morgan fingerprint density at radius 3 is 1.43 bits per heavy atom. The number of aryl methyl sites for hydroxylation is 4. The van der Waals surface area contributed by atoms with E-state index in [1.165, 1.54) is 98.6 Å². The molecule has 0 bridgehead atoms. The molecule has 0 aliphatic heterocycles. The molecule has 0 aliphatic rings. The first-order chi connectivity index (χ1) is 30.9. The van der Waals surface area contributed by atoms with Crippen molar-refractivity contribution < 1.29 is 0 Å². The van der Waals surface area contributed by atoms with Crippen molar-refractivity contribution in [1.82, 2.24) is 8.80 Å². The summed E-state index contributed by atoms with van der Waals surface area (Å²) in [6.45, 7) is 10.9. The van der Waals surface area contributed by atoms with Gasteiger partial charge in [-0.05, 0) is 142 Å². The third-order valence-electron chi connectivity index (χ3n) is 13.0. The highest BCUT2D eigenvalue weighted by atomic mass is 15.2. The lowest BCUT2D eigenvalue weighted by Crippen LogP contribution is -2.25. The topological polar surface area (TPSA) is 15.3 Å². The lowest BCUT2D eigenvalue weighted by atomic mass is 10.0. The van der Waals surface area contributed by atoms with E-state index in [0.717, 1.165) is 28.4 Å². The molecule has 0 N–H and O–H groups in total. The van der Waals surface area contributed by atoms with Crippen molar-refractivity contribution in [3.8, 4) is 0 Å².